The van der Waals surface area contributed by atoms with E-state index in [1.165, 1.54) is 6.07 Å². The van der Waals surface area contributed by atoms with Crippen LogP contribution in [0.4, 0.5) is 24.0 Å². The van der Waals surface area contributed by atoms with Crippen molar-refractivity contribution in [2.24, 2.45) is 0 Å². The largest absolute Gasteiger partial charge is 0.416 e. The molecule has 0 unspecified atom stereocenters. The van der Waals surface area contributed by atoms with Crippen LogP contribution in [-0.2, 0) is 6.18 Å². The highest BCUT2D eigenvalue weighted by Gasteiger charge is 2.30. The van der Waals surface area contributed by atoms with Gasteiger partial charge in [-0.15, -0.1) is 5.10 Å². The summed E-state index contributed by atoms with van der Waals surface area (Å²) in [7, 11) is 0. The quantitative estimate of drug-likeness (QED) is 0.795. The molecule has 0 radical (unpaired) electrons. The van der Waals surface area contributed by atoms with Crippen LogP contribution in [0.2, 0.25) is 5.02 Å². The highest BCUT2D eigenvalue weighted by Crippen LogP contribution is 2.34. The zero-order valence-electron chi connectivity index (χ0n) is 8.51. The van der Waals surface area contributed by atoms with Gasteiger partial charge in [-0.1, -0.05) is 22.9 Å². The van der Waals surface area contributed by atoms with Gasteiger partial charge in [-0.3, -0.25) is 5.10 Å². The van der Waals surface area contributed by atoms with Crippen LogP contribution in [0, 0.1) is 3.95 Å². The number of nitrogens with zero attached hydrogens (tertiary/aromatic N) is 1. The van der Waals surface area contributed by atoms with Crippen molar-refractivity contribution in [1.82, 2.24) is 10.2 Å². The van der Waals surface area contributed by atoms with Crippen molar-refractivity contribution in [2.75, 3.05) is 5.32 Å². The molecule has 3 nitrogen and oxygen atoms in total. The zero-order valence-corrected chi connectivity index (χ0v) is 10.9. The van der Waals surface area contributed by atoms with Crippen LogP contribution in [0.1, 0.15) is 5.56 Å². The molecular formula is C9H5ClF3N3S2. The molecule has 0 aliphatic heterocycles. The van der Waals surface area contributed by atoms with Gasteiger partial charge in [0.15, 0.2) is 3.95 Å². The topological polar surface area (TPSA) is 40.7 Å². The number of halogens is 4. The van der Waals surface area contributed by atoms with Gasteiger partial charge in [0.2, 0.25) is 5.13 Å². The number of H-pyrrole nitrogens is 1. The average Bonchev–Trinajstić information content (AvgIpc) is 2.65. The fourth-order valence-corrected chi connectivity index (χ4v) is 2.22. The van der Waals surface area contributed by atoms with Gasteiger partial charge in [-0.25, -0.2) is 0 Å². The second-order valence-corrected chi connectivity index (χ2v) is 5.31. The fourth-order valence-electron chi connectivity index (χ4n) is 1.19. The number of nitrogens with one attached hydrogen (secondary N) is 2. The molecule has 18 heavy (non-hydrogen) atoms. The molecule has 0 saturated heterocycles. The Hall–Kier alpha value is -1.12. The van der Waals surface area contributed by atoms with E-state index in [4.69, 9.17) is 23.8 Å². The van der Waals surface area contributed by atoms with Crippen molar-refractivity contribution in [3.8, 4) is 0 Å². The van der Waals surface area contributed by atoms with Crippen molar-refractivity contribution in [3.63, 3.8) is 0 Å². The molecule has 0 saturated carbocycles. The molecule has 96 valence electrons. The van der Waals surface area contributed by atoms with E-state index in [1.807, 2.05) is 0 Å². The summed E-state index contributed by atoms with van der Waals surface area (Å²) in [5.41, 5.74) is -0.463. The summed E-state index contributed by atoms with van der Waals surface area (Å²) >= 11 is 11.8. The van der Waals surface area contributed by atoms with Crippen LogP contribution >= 0.6 is 35.2 Å². The van der Waals surface area contributed by atoms with E-state index in [0.717, 1.165) is 23.5 Å². The Morgan fingerprint density at radius 3 is 2.61 bits per heavy atom. The number of hydrogen-bond acceptors (Lipinski definition) is 4. The van der Waals surface area contributed by atoms with Crippen LogP contribution in [0.25, 0.3) is 0 Å². The van der Waals surface area contributed by atoms with Gasteiger partial charge in [0.05, 0.1) is 16.3 Å². The van der Waals surface area contributed by atoms with E-state index in [-0.39, 0.29) is 5.02 Å². The van der Waals surface area contributed by atoms with Crippen LogP contribution in [0.5, 0.6) is 0 Å². The number of rotatable bonds is 2. The first-order valence-corrected chi connectivity index (χ1v) is 6.16. The van der Waals surface area contributed by atoms with Crippen LogP contribution in [-0.4, -0.2) is 10.2 Å². The fraction of sp³-hybridized carbons (Fsp3) is 0.111. The molecule has 2 N–H and O–H groups in total. The van der Waals surface area contributed by atoms with Crippen LogP contribution in [0.3, 0.4) is 0 Å². The van der Waals surface area contributed by atoms with E-state index in [2.05, 4.69) is 15.5 Å². The van der Waals surface area contributed by atoms with Gasteiger partial charge in [-0.05, 0) is 30.4 Å². The molecule has 0 atom stereocenters. The molecular weight excluding hydrogens is 307 g/mol. The van der Waals surface area contributed by atoms with E-state index in [9.17, 15) is 13.2 Å². The third-order valence-electron chi connectivity index (χ3n) is 1.98. The minimum Gasteiger partial charge on any atom is -0.329 e. The second kappa shape index (κ2) is 4.87. The van der Waals surface area contributed by atoms with Crippen LogP contribution < -0.4 is 5.32 Å². The number of aromatic amines is 1. The molecule has 0 aliphatic carbocycles. The molecule has 1 aromatic heterocycles. The van der Waals surface area contributed by atoms with Crippen molar-refractivity contribution in [1.29, 1.82) is 0 Å². The highest BCUT2D eigenvalue weighted by atomic mass is 35.5. The van der Waals surface area contributed by atoms with Gasteiger partial charge in [0.1, 0.15) is 0 Å². The van der Waals surface area contributed by atoms with E-state index in [1.54, 1.807) is 0 Å². The third kappa shape index (κ3) is 3.01. The number of hydrogen-bond donors (Lipinski definition) is 2. The molecule has 0 spiro atoms. The lowest BCUT2D eigenvalue weighted by Gasteiger charge is -2.09. The molecule has 1 aromatic carbocycles. The highest BCUT2D eigenvalue weighted by molar-refractivity contribution is 7.73. The maximum Gasteiger partial charge on any atom is 0.416 e. The van der Waals surface area contributed by atoms with E-state index < -0.39 is 11.7 Å². The van der Waals surface area contributed by atoms with Crippen LogP contribution in [0.15, 0.2) is 18.2 Å². The lowest BCUT2D eigenvalue weighted by atomic mass is 10.2. The van der Waals surface area contributed by atoms with Crippen molar-refractivity contribution in [2.45, 2.75) is 6.18 Å². The first-order valence-electron chi connectivity index (χ1n) is 4.55. The van der Waals surface area contributed by atoms with E-state index in [0.29, 0.717) is 14.8 Å². The maximum atomic E-state index is 12.4. The molecule has 2 rings (SSSR count). The monoisotopic (exact) mass is 311 g/mol. The van der Waals surface area contributed by atoms with Gasteiger partial charge in [-0.2, -0.15) is 13.2 Å². The summed E-state index contributed by atoms with van der Waals surface area (Å²) in [5, 5.41) is 9.54. The first-order chi connectivity index (χ1) is 8.36. The molecule has 1 heterocycles. The standard InChI is InChI=1S/C9H5ClF3N3S2/c10-5-3-4(9(11,12)13)1-2-6(5)14-7-15-16-8(17)18-7/h1-3H,(H,14,15)(H,16,17). The Bertz CT molecular complexity index is 620. The Kier molecular flexibility index (Phi) is 3.60. The van der Waals surface area contributed by atoms with Gasteiger partial charge in [0.25, 0.3) is 0 Å². The first kappa shape index (κ1) is 13.3. The number of alkyl halides is 3. The minimum absolute atomic E-state index is 0.0362. The predicted molar refractivity (Wildman–Crippen MR) is 67.0 cm³/mol. The zero-order chi connectivity index (χ0) is 13.3. The summed E-state index contributed by atoms with van der Waals surface area (Å²) in [4.78, 5) is 0. The average molecular weight is 312 g/mol. The Morgan fingerprint density at radius 2 is 2.11 bits per heavy atom. The SMILES string of the molecule is FC(F)(F)c1ccc(Nc2n[nH]c(=S)s2)c(Cl)c1. The molecule has 0 fully saturated rings. The van der Waals surface area contributed by atoms with Crippen molar-refractivity contribution >= 4 is 46.0 Å². The van der Waals surface area contributed by atoms with Crippen molar-refractivity contribution in [3.05, 3.63) is 32.7 Å². The third-order valence-corrected chi connectivity index (χ3v) is 3.29. The normalized spacial score (nSPS) is 11.6. The summed E-state index contributed by atoms with van der Waals surface area (Å²) in [6, 6.07) is 3.05. The van der Waals surface area contributed by atoms with Crippen molar-refractivity contribution < 1.29 is 13.2 Å². The summed E-state index contributed by atoms with van der Waals surface area (Å²) in [6.45, 7) is 0. The Labute approximate surface area is 114 Å². The van der Waals surface area contributed by atoms with Gasteiger partial charge >= 0.3 is 6.18 Å². The summed E-state index contributed by atoms with van der Waals surface area (Å²) in [5.74, 6) is 0. The molecule has 0 aliphatic rings. The van der Waals surface area contributed by atoms with E-state index >= 15 is 0 Å². The van der Waals surface area contributed by atoms with Gasteiger partial charge < -0.3 is 5.32 Å². The summed E-state index contributed by atoms with van der Waals surface area (Å²) in [6.07, 6.45) is -4.41. The maximum absolute atomic E-state index is 12.4. The Balaban J connectivity index is 2.28. The smallest absolute Gasteiger partial charge is 0.329 e. The lowest BCUT2D eigenvalue weighted by molar-refractivity contribution is -0.137. The van der Waals surface area contributed by atoms with Gasteiger partial charge in [0, 0.05) is 0 Å². The lowest BCUT2D eigenvalue weighted by Crippen LogP contribution is -2.05. The molecule has 0 bridgehead atoms. The predicted octanol–water partition coefficient (Wildman–Crippen LogP) is 4.62. The molecule has 2 aromatic rings. The second-order valence-electron chi connectivity index (χ2n) is 3.24. The molecule has 0 amide bonds. The minimum atomic E-state index is -4.41. The molecule has 9 heteroatoms. The number of benzene rings is 1. The number of anilines is 2. The Morgan fingerprint density at radius 1 is 1.39 bits per heavy atom. The summed E-state index contributed by atoms with van der Waals surface area (Å²) < 4.78 is 37.7. The number of aromatic nitrogens is 2.